The minimum Gasteiger partial charge on any atom is -0.465 e. The fraction of sp³-hybridized carbons (Fsp3) is 0.312. The van der Waals surface area contributed by atoms with Crippen molar-refractivity contribution < 1.29 is 23.9 Å². The number of ketones is 1. The Morgan fingerprint density at radius 3 is 2.38 bits per heavy atom. The van der Waals surface area contributed by atoms with Crippen molar-refractivity contribution in [2.45, 2.75) is 19.8 Å². The number of hydrogen-bond donors (Lipinski definition) is 0. The minimum absolute atomic E-state index is 0.127. The first-order valence-electron chi connectivity index (χ1n) is 6.63. The zero-order chi connectivity index (χ0) is 15.5. The van der Waals surface area contributed by atoms with E-state index < -0.39 is 11.9 Å². The predicted molar refractivity (Wildman–Crippen MR) is 77.3 cm³/mol. The van der Waals surface area contributed by atoms with E-state index >= 15 is 0 Å². The number of carbonyl (C=O) groups excluding carboxylic acids is 3. The lowest BCUT2D eigenvalue weighted by atomic mass is 10.2. The maximum Gasteiger partial charge on any atom is 0.330 e. The third-order valence-corrected chi connectivity index (χ3v) is 2.40. The van der Waals surface area contributed by atoms with Crippen LogP contribution >= 0.6 is 0 Å². The summed E-state index contributed by atoms with van der Waals surface area (Å²) in [6, 6.07) is 9.39. The van der Waals surface area contributed by atoms with Gasteiger partial charge in [0.05, 0.1) is 13.2 Å². The number of rotatable bonds is 8. The Bertz CT molecular complexity index is 505. The van der Waals surface area contributed by atoms with Crippen LogP contribution in [0.3, 0.4) is 0 Å². The third kappa shape index (κ3) is 8.36. The van der Waals surface area contributed by atoms with Gasteiger partial charge in [-0.1, -0.05) is 30.3 Å². The smallest absolute Gasteiger partial charge is 0.330 e. The number of benzene rings is 1. The van der Waals surface area contributed by atoms with Crippen LogP contribution in [0.15, 0.2) is 36.4 Å². The van der Waals surface area contributed by atoms with Gasteiger partial charge < -0.3 is 9.47 Å². The molecule has 0 unspecified atom stereocenters. The van der Waals surface area contributed by atoms with E-state index in [1.807, 2.05) is 30.3 Å². The molecule has 0 heterocycles. The summed E-state index contributed by atoms with van der Waals surface area (Å²) in [6.07, 6.45) is 3.18. The molecule has 0 aliphatic heterocycles. The van der Waals surface area contributed by atoms with Gasteiger partial charge in [0.2, 0.25) is 0 Å². The van der Waals surface area contributed by atoms with E-state index in [1.54, 1.807) is 6.08 Å². The Morgan fingerprint density at radius 1 is 1.05 bits per heavy atom. The maximum atomic E-state index is 11.4. The Hall–Kier alpha value is -2.43. The second-order valence-electron chi connectivity index (χ2n) is 4.36. The number of hydrogen-bond acceptors (Lipinski definition) is 5. The fourth-order valence-corrected chi connectivity index (χ4v) is 1.45. The van der Waals surface area contributed by atoms with E-state index in [1.165, 1.54) is 13.0 Å². The van der Waals surface area contributed by atoms with Gasteiger partial charge >= 0.3 is 11.9 Å². The van der Waals surface area contributed by atoms with Crippen molar-refractivity contribution in [3.63, 3.8) is 0 Å². The Labute approximate surface area is 123 Å². The van der Waals surface area contributed by atoms with Gasteiger partial charge in [-0.2, -0.15) is 0 Å². The van der Waals surface area contributed by atoms with Gasteiger partial charge in [-0.05, 0) is 18.6 Å². The summed E-state index contributed by atoms with van der Waals surface area (Å²) < 4.78 is 9.74. The molecular weight excluding hydrogens is 272 g/mol. The number of Topliss-reactive ketones (excluding diaryl/α,β-unsaturated/α-hetero) is 1. The molecule has 0 radical (unpaired) electrons. The highest BCUT2D eigenvalue weighted by atomic mass is 16.5. The van der Waals surface area contributed by atoms with Gasteiger partial charge in [-0.3, -0.25) is 9.59 Å². The van der Waals surface area contributed by atoms with Gasteiger partial charge in [0, 0.05) is 12.5 Å². The summed E-state index contributed by atoms with van der Waals surface area (Å²) in [6.45, 7) is 1.61. The van der Waals surface area contributed by atoms with Gasteiger partial charge in [-0.15, -0.1) is 0 Å². The molecule has 5 heteroatoms. The molecule has 5 nitrogen and oxygen atoms in total. The van der Waals surface area contributed by atoms with Crippen LogP contribution in [0.5, 0.6) is 0 Å². The average molecular weight is 290 g/mol. The first-order chi connectivity index (χ1) is 10.1. The van der Waals surface area contributed by atoms with Crippen LogP contribution in [-0.4, -0.2) is 30.9 Å². The van der Waals surface area contributed by atoms with Crippen LogP contribution in [-0.2, 0) is 23.9 Å². The molecule has 0 bridgehead atoms. The van der Waals surface area contributed by atoms with E-state index in [2.05, 4.69) is 0 Å². The molecule has 1 rings (SSSR count). The second kappa shape index (κ2) is 9.47. The molecule has 0 aliphatic rings. The van der Waals surface area contributed by atoms with E-state index in [0.717, 1.165) is 5.56 Å². The summed E-state index contributed by atoms with van der Waals surface area (Å²) in [4.78, 5) is 33.1. The highest BCUT2D eigenvalue weighted by Crippen LogP contribution is 2.01. The number of carbonyl (C=O) groups is 3. The minimum atomic E-state index is -0.558. The zero-order valence-corrected chi connectivity index (χ0v) is 11.9. The third-order valence-electron chi connectivity index (χ3n) is 2.40. The van der Waals surface area contributed by atoms with Crippen molar-refractivity contribution in [2.24, 2.45) is 0 Å². The van der Waals surface area contributed by atoms with Crippen LogP contribution in [0, 0.1) is 0 Å². The number of esters is 2. The van der Waals surface area contributed by atoms with E-state index in [4.69, 9.17) is 9.47 Å². The lowest BCUT2D eigenvalue weighted by molar-refractivity contribution is -0.146. The molecule has 1 aromatic rings. The molecule has 0 atom stereocenters. The highest BCUT2D eigenvalue weighted by Gasteiger charge is 2.05. The molecule has 21 heavy (non-hydrogen) atoms. The van der Waals surface area contributed by atoms with E-state index in [0.29, 0.717) is 6.42 Å². The molecule has 0 saturated carbocycles. The molecule has 0 fully saturated rings. The van der Waals surface area contributed by atoms with Gasteiger partial charge in [0.15, 0.2) is 0 Å². The van der Waals surface area contributed by atoms with Crippen molar-refractivity contribution in [3.05, 3.63) is 42.0 Å². The van der Waals surface area contributed by atoms with Crippen molar-refractivity contribution in [1.82, 2.24) is 0 Å². The van der Waals surface area contributed by atoms with Crippen LogP contribution in [0.25, 0.3) is 6.08 Å². The van der Waals surface area contributed by atoms with E-state index in [9.17, 15) is 14.4 Å². The maximum absolute atomic E-state index is 11.4. The van der Waals surface area contributed by atoms with Crippen LogP contribution in [0.1, 0.15) is 25.3 Å². The van der Waals surface area contributed by atoms with E-state index in [-0.39, 0.29) is 25.4 Å². The summed E-state index contributed by atoms with van der Waals surface area (Å²) >= 11 is 0. The predicted octanol–water partition coefficient (Wildman–Crippen LogP) is 2.16. The molecule has 0 spiro atoms. The van der Waals surface area contributed by atoms with Crippen molar-refractivity contribution in [1.29, 1.82) is 0 Å². The number of ether oxygens (including phenoxy) is 2. The molecular formula is C16H18O5. The normalized spacial score (nSPS) is 10.3. The Balaban J connectivity index is 2.13. The highest BCUT2D eigenvalue weighted by molar-refractivity contribution is 5.94. The first kappa shape index (κ1) is 16.6. The first-order valence-corrected chi connectivity index (χ1v) is 6.63. The quantitative estimate of drug-likeness (QED) is 0.317. The topological polar surface area (TPSA) is 69.7 Å². The van der Waals surface area contributed by atoms with Gasteiger partial charge in [0.1, 0.15) is 12.2 Å². The lowest BCUT2D eigenvalue weighted by Crippen LogP contribution is -2.11. The van der Waals surface area contributed by atoms with Crippen LogP contribution in [0.4, 0.5) is 0 Å². The molecule has 112 valence electrons. The lowest BCUT2D eigenvalue weighted by Gasteiger charge is -2.04. The summed E-state index contributed by atoms with van der Waals surface area (Å²) in [5, 5.41) is 0. The van der Waals surface area contributed by atoms with Crippen LogP contribution < -0.4 is 0 Å². The summed E-state index contributed by atoms with van der Waals surface area (Å²) in [7, 11) is 0. The summed E-state index contributed by atoms with van der Waals surface area (Å²) in [5.41, 5.74) is 0.910. The van der Waals surface area contributed by atoms with Crippen LogP contribution in [0.2, 0.25) is 0 Å². The van der Waals surface area contributed by atoms with Crippen molar-refractivity contribution in [3.8, 4) is 0 Å². The second-order valence-corrected chi connectivity index (χ2v) is 4.36. The molecule has 1 aromatic carbocycles. The van der Waals surface area contributed by atoms with Crippen molar-refractivity contribution >= 4 is 23.8 Å². The van der Waals surface area contributed by atoms with Gasteiger partial charge in [0.25, 0.3) is 0 Å². The summed E-state index contributed by atoms with van der Waals surface area (Å²) in [5.74, 6) is -1.25. The average Bonchev–Trinajstić information content (AvgIpc) is 2.45. The van der Waals surface area contributed by atoms with Crippen molar-refractivity contribution in [2.75, 3.05) is 13.2 Å². The zero-order valence-electron chi connectivity index (χ0n) is 11.9. The molecule has 0 amide bonds. The largest absolute Gasteiger partial charge is 0.465 e. The standard InChI is InChI=1S/C16H18O5/c1-13(17)12-16(19)21-11-5-10-20-15(18)9-8-14-6-3-2-4-7-14/h2-4,6-9H,5,10-12H2,1H3/b9-8+. The van der Waals surface area contributed by atoms with Gasteiger partial charge in [-0.25, -0.2) is 4.79 Å². The Kier molecular flexibility index (Phi) is 7.50. The molecule has 0 saturated heterocycles. The fourth-order valence-electron chi connectivity index (χ4n) is 1.45. The monoisotopic (exact) mass is 290 g/mol. The SMILES string of the molecule is CC(=O)CC(=O)OCCCOC(=O)/C=C/c1ccccc1. The Morgan fingerprint density at radius 2 is 1.71 bits per heavy atom. The molecule has 0 aliphatic carbocycles. The molecule has 0 N–H and O–H groups in total. The molecule has 0 aromatic heterocycles.